The normalized spacial score (nSPS) is 11.8. The van der Waals surface area contributed by atoms with Gasteiger partial charge in [-0.25, -0.2) is 0 Å². The summed E-state index contributed by atoms with van der Waals surface area (Å²) in [5, 5.41) is 2.11. The summed E-state index contributed by atoms with van der Waals surface area (Å²) >= 11 is 13.6. The van der Waals surface area contributed by atoms with E-state index >= 15 is 0 Å². The fraction of sp³-hybridized carbons (Fsp3) is 0.273. The van der Waals surface area contributed by atoms with Gasteiger partial charge in [0.2, 0.25) is 0 Å². The minimum Gasteiger partial charge on any atom is -0.468 e. The number of alkyl halides is 1. The molecular weight excluding hydrogens is 392 g/mol. The highest BCUT2D eigenvalue weighted by atomic mass is 127. The highest BCUT2D eigenvalue weighted by Gasteiger charge is 2.18. The fourth-order valence-electron chi connectivity index (χ4n) is 1.16. The van der Waals surface area contributed by atoms with E-state index in [1.807, 2.05) is 22.6 Å². The molecule has 0 saturated heterocycles. The first-order valence-corrected chi connectivity index (χ1v) is 6.80. The summed E-state index contributed by atoms with van der Waals surface area (Å²) in [5.41, 5.74) is 0.442. The summed E-state index contributed by atoms with van der Waals surface area (Å²) in [5.74, 6) is -0.922. The van der Waals surface area contributed by atoms with Gasteiger partial charge < -0.3 is 10.1 Å². The Kier molecular flexibility index (Phi) is 6.17. The van der Waals surface area contributed by atoms with Crippen molar-refractivity contribution in [2.45, 2.75) is 5.38 Å². The van der Waals surface area contributed by atoms with Crippen molar-refractivity contribution in [2.24, 2.45) is 0 Å². The lowest BCUT2D eigenvalue weighted by Crippen LogP contribution is -2.34. The SMILES string of the molecule is COC(=O)C(Cl)CNC(=O)c1cc(Cl)ccc1I. The molecule has 0 bridgehead atoms. The number of hydrogen-bond donors (Lipinski definition) is 1. The van der Waals surface area contributed by atoms with Crippen LogP contribution in [0.4, 0.5) is 0 Å². The van der Waals surface area contributed by atoms with E-state index in [9.17, 15) is 9.59 Å². The van der Waals surface area contributed by atoms with Crippen LogP contribution in [0.2, 0.25) is 5.02 Å². The van der Waals surface area contributed by atoms with Crippen LogP contribution in [0.1, 0.15) is 10.4 Å². The number of carbonyl (C=O) groups excluding carboxylic acids is 2. The highest BCUT2D eigenvalue weighted by Crippen LogP contribution is 2.17. The first kappa shape index (κ1) is 15.5. The molecule has 1 unspecified atom stereocenters. The van der Waals surface area contributed by atoms with Crippen LogP contribution in [0.5, 0.6) is 0 Å². The van der Waals surface area contributed by atoms with Crippen LogP contribution in [0, 0.1) is 3.57 Å². The Bertz CT molecular complexity index is 468. The molecule has 1 aromatic carbocycles. The molecule has 0 aromatic heterocycles. The van der Waals surface area contributed by atoms with Crippen molar-refractivity contribution in [2.75, 3.05) is 13.7 Å². The molecule has 0 fully saturated rings. The molecule has 1 rings (SSSR count). The number of halogens is 3. The van der Waals surface area contributed by atoms with E-state index in [1.54, 1.807) is 18.2 Å². The number of amides is 1. The molecule has 1 N–H and O–H groups in total. The molecule has 0 aliphatic rings. The maximum atomic E-state index is 11.8. The second kappa shape index (κ2) is 7.16. The summed E-state index contributed by atoms with van der Waals surface area (Å²) in [7, 11) is 1.24. The molecule has 1 amide bonds. The standard InChI is InChI=1S/C11H10Cl2INO3/c1-18-11(17)8(13)5-15-10(16)7-4-6(12)2-3-9(7)14/h2-4,8H,5H2,1H3,(H,15,16). The molecule has 0 heterocycles. The molecule has 1 atom stereocenters. The number of nitrogens with one attached hydrogen (secondary N) is 1. The molecule has 18 heavy (non-hydrogen) atoms. The molecular formula is C11H10Cl2INO3. The number of methoxy groups -OCH3 is 1. The molecule has 0 saturated carbocycles. The lowest BCUT2D eigenvalue weighted by Gasteiger charge is -2.10. The van der Waals surface area contributed by atoms with Gasteiger partial charge in [-0.05, 0) is 40.8 Å². The van der Waals surface area contributed by atoms with Crippen molar-refractivity contribution >= 4 is 57.7 Å². The van der Waals surface area contributed by atoms with Crippen LogP contribution in [0.3, 0.4) is 0 Å². The quantitative estimate of drug-likeness (QED) is 0.479. The molecule has 98 valence electrons. The van der Waals surface area contributed by atoms with E-state index in [-0.39, 0.29) is 12.5 Å². The van der Waals surface area contributed by atoms with Crippen molar-refractivity contribution in [1.82, 2.24) is 5.32 Å². The van der Waals surface area contributed by atoms with Crippen molar-refractivity contribution in [3.63, 3.8) is 0 Å². The molecule has 0 aliphatic carbocycles. The Morgan fingerprint density at radius 1 is 1.50 bits per heavy atom. The third-order valence-electron chi connectivity index (χ3n) is 2.07. The van der Waals surface area contributed by atoms with Crippen LogP contribution >= 0.6 is 45.8 Å². The maximum Gasteiger partial charge on any atom is 0.325 e. The van der Waals surface area contributed by atoms with Gasteiger partial charge in [0.05, 0.1) is 12.7 Å². The maximum absolute atomic E-state index is 11.8. The van der Waals surface area contributed by atoms with E-state index in [1.165, 1.54) is 7.11 Å². The monoisotopic (exact) mass is 401 g/mol. The van der Waals surface area contributed by atoms with Gasteiger partial charge in [0.15, 0.2) is 0 Å². The average Bonchev–Trinajstić information content (AvgIpc) is 2.37. The molecule has 1 aromatic rings. The zero-order chi connectivity index (χ0) is 13.7. The van der Waals surface area contributed by atoms with Crippen molar-refractivity contribution in [3.8, 4) is 0 Å². The predicted octanol–water partition coefficient (Wildman–Crippen LogP) is 2.45. The van der Waals surface area contributed by atoms with Crippen LogP contribution in [-0.4, -0.2) is 30.9 Å². The van der Waals surface area contributed by atoms with Crippen LogP contribution in [0.25, 0.3) is 0 Å². The van der Waals surface area contributed by atoms with Crippen LogP contribution < -0.4 is 5.32 Å². The lowest BCUT2D eigenvalue weighted by molar-refractivity contribution is -0.140. The highest BCUT2D eigenvalue weighted by molar-refractivity contribution is 14.1. The molecule has 0 spiro atoms. The minimum atomic E-state index is -0.907. The number of benzene rings is 1. The van der Waals surface area contributed by atoms with Gasteiger partial charge in [0.25, 0.3) is 5.91 Å². The molecule has 0 radical (unpaired) electrons. The van der Waals surface area contributed by atoms with E-state index in [0.29, 0.717) is 10.6 Å². The van der Waals surface area contributed by atoms with Gasteiger partial charge in [-0.2, -0.15) is 0 Å². The number of carbonyl (C=O) groups is 2. The van der Waals surface area contributed by atoms with Gasteiger partial charge in [0.1, 0.15) is 5.38 Å². The summed E-state index contributed by atoms with van der Waals surface area (Å²) in [6.45, 7) is -0.00431. The van der Waals surface area contributed by atoms with E-state index in [4.69, 9.17) is 23.2 Å². The van der Waals surface area contributed by atoms with Crippen molar-refractivity contribution < 1.29 is 14.3 Å². The van der Waals surface area contributed by atoms with Gasteiger partial charge >= 0.3 is 5.97 Å². The second-order valence-corrected chi connectivity index (χ2v) is 5.45. The van der Waals surface area contributed by atoms with E-state index in [0.717, 1.165) is 3.57 Å². The molecule has 0 aliphatic heterocycles. The average molecular weight is 402 g/mol. The number of esters is 1. The lowest BCUT2D eigenvalue weighted by atomic mass is 10.2. The first-order chi connectivity index (χ1) is 8.45. The van der Waals surface area contributed by atoms with Gasteiger partial charge in [0, 0.05) is 15.1 Å². The van der Waals surface area contributed by atoms with E-state index < -0.39 is 11.3 Å². The third kappa shape index (κ3) is 4.29. The minimum absolute atomic E-state index is 0.00431. The topological polar surface area (TPSA) is 55.4 Å². The van der Waals surface area contributed by atoms with Crippen LogP contribution in [0.15, 0.2) is 18.2 Å². The zero-order valence-electron chi connectivity index (χ0n) is 9.38. The van der Waals surface area contributed by atoms with Gasteiger partial charge in [-0.15, -0.1) is 11.6 Å². The predicted molar refractivity (Wildman–Crippen MR) is 78.2 cm³/mol. The largest absolute Gasteiger partial charge is 0.468 e. The first-order valence-electron chi connectivity index (χ1n) is 4.91. The Hall–Kier alpha value is -0.530. The summed E-state index contributed by atoms with van der Waals surface area (Å²) in [6, 6.07) is 4.98. The zero-order valence-corrected chi connectivity index (χ0v) is 13.0. The summed E-state index contributed by atoms with van der Waals surface area (Å²) in [6.07, 6.45) is 0. The smallest absolute Gasteiger partial charge is 0.325 e. The third-order valence-corrected chi connectivity index (χ3v) is 3.58. The summed E-state index contributed by atoms with van der Waals surface area (Å²) < 4.78 is 5.21. The second-order valence-electron chi connectivity index (χ2n) is 3.32. The Morgan fingerprint density at radius 2 is 2.17 bits per heavy atom. The number of hydrogen-bond acceptors (Lipinski definition) is 3. The Morgan fingerprint density at radius 3 is 2.78 bits per heavy atom. The van der Waals surface area contributed by atoms with Crippen molar-refractivity contribution in [3.05, 3.63) is 32.4 Å². The number of ether oxygens (including phenoxy) is 1. The summed E-state index contributed by atoms with van der Waals surface area (Å²) in [4.78, 5) is 22.9. The van der Waals surface area contributed by atoms with Gasteiger partial charge in [-0.3, -0.25) is 9.59 Å². The van der Waals surface area contributed by atoms with E-state index in [2.05, 4.69) is 10.1 Å². The molecule has 4 nitrogen and oxygen atoms in total. The Labute approximate surface area is 128 Å². The van der Waals surface area contributed by atoms with Gasteiger partial charge in [-0.1, -0.05) is 11.6 Å². The Balaban J connectivity index is 2.66. The molecule has 7 heteroatoms. The van der Waals surface area contributed by atoms with Crippen LogP contribution in [-0.2, 0) is 9.53 Å². The van der Waals surface area contributed by atoms with Crippen molar-refractivity contribution in [1.29, 1.82) is 0 Å². The fourth-order valence-corrected chi connectivity index (χ4v) is 2.08. The number of rotatable bonds is 4.